The van der Waals surface area contributed by atoms with Gasteiger partial charge in [-0.25, -0.2) is 4.79 Å². The molecule has 0 atom stereocenters. The minimum atomic E-state index is -0.123. The number of carbonyl (C=O) groups excluding carboxylic acids is 1. The van der Waals surface area contributed by atoms with Crippen molar-refractivity contribution in [3.05, 3.63) is 59.1 Å². The second-order valence-electron chi connectivity index (χ2n) is 7.93. The van der Waals surface area contributed by atoms with E-state index in [9.17, 15) is 9.59 Å². The van der Waals surface area contributed by atoms with Gasteiger partial charge in [0.1, 0.15) is 11.3 Å². The van der Waals surface area contributed by atoms with Crippen LogP contribution in [-0.4, -0.2) is 27.6 Å². The molecule has 0 spiro atoms. The van der Waals surface area contributed by atoms with Gasteiger partial charge in [0.2, 0.25) is 5.91 Å². The van der Waals surface area contributed by atoms with Crippen LogP contribution < -0.4 is 15.7 Å². The van der Waals surface area contributed by atoms with E-state index in [0.717, 1.165) is 53.3 Å². The van der Waals surface area contributed by atoms with Gasteiger partial charge in [-0.15, -0.1) is 0 Å². The summed E-state index contributed by atoms with van der Waals surface area (Å²) in [5.74, 6) is 0.666. The van der Waals surface area contributed by atoms with Crippen LogP contribution in [0.3, 0.4) is 0 Å². The molecule has 4 aromatic rings. The molecule has 1 fully saturated rings. The zero-order valence-electron chi connectivity index (χ0n) is 16.8. The maximum atomic E-state index is 12.8. The third-order valence-electron chi connectivity index (χ3n) is 6.19. The molecule has 3 N–H and O–H groups in total. The van der Waals surface area contributed by atoms with Crippen LogP contribution in [0.2, 0.25) is 0 Å². The molecule has 0 bridgehead atoms. The minimum Gasteiger partial charge on any atom is -0.494 e. The molecule has 5 rings (SSSR count). The van der Waals surface area contributed by atoms with Gasteiger partial charge >= 0.3 is 5.69 Å². The number of ether oxygens (including phenoxy) is 1. The number of nitrogens with zero attached hydrogens (tertiary/aromatic N) is 1. The lowest BCUT2D eigenvalue weighted by Crippen LogP contribution is -2.31. The third-order valence-corrected chi connectivity index (χ3v) is 6.19. The number of para-hydroxylation sites is 1. The molecule has 1 saturated carbocycles. The molecule has 0 unspecified atom stereocenters. The molecule has 1 amide bonds. The quantitative estimate of drug-likeness (QED) is 0.476. The van der Waals surface area contributed by atoms with Gasteiger partial charge in [-0.05, 0) is 61.4 Å². The Bertz CT molecular complexity index is 1270. The summed E-state index contributed by atoms with van der Waals surface area (Å²) in [5.41, 5.74) is 3.26. The van der Waals surface area contributed by atoms with E-state index in [4.69, 9.17) is 4.74 Å². The van der Waals surface area contributed by atoms with Crippen molar-refractivity contribution < 1.29 is 9.53 Å². The molecule has 7 heteroatoms. The van der Waals surface area contributed by atoms with Gasteiger partial charge in [0.15, 0.2) is 0 Å². The summed E-state index contributed by atoms with van der Waals surface area (Å²) in [6.07, 6.45) is 4.98. The summed E-state index contributed by atoms with van der Waals surface area (Å²) in [6, 6.07) is 13.6. The maximum Gasteiger partial charge on any atom is 0.326 e. The van der Waals surface area contributed by atoms with E-state index >= 15 is 0 Å². The second kappa shape index (κ2) is 7.40. The molecular weight excluding hydrogens is 380 g/mol. The Hall–Kier alpha value is -3.48. The van der Waals surface area contributed by atoms with Crippen molar-refractivity contribution in [2.75, 3.05) is 12.4 Å². The molecule has 2 aromatic heterocycles. The van der Waals surface area contributed by atoms with Crippen LogP contribution in [0.5, 0.6) is 5.75 Å². The molecule has 1 aliphatic carbocycles. The van der Waals surface area contributed by atoms with Gasteiger partial charge in [0.25, 0.3) is 0 Å². The fraction of sp³-hybridized carbons (Fsp3) is 0.304. The van der Waals surface area contributed by atoms with Crippen molar-refractivity contribution in [2.24, 2.45) is 5.92 Å². The zero-order valence-corrected chi connectivity index (χ0v) is 16.8. The summed E-state index contributed by atoms with van der Waals surface area (Å²) in [5, 5.41) is 4.17. The summed E-state index contributed by atoms with van der Waals surface area (Å²) >= 11 is 0. The fourth-order valence-corrected chi connectivity index (χ4v) is 4.62. The van der Waals surface area contributed by atoms with Gasteiger partial charge in [0.05, 0.1) is 12.6 Å². The Labute approximate surface area is 173 Å². The van der Waals surface area contributed by atoms with Gasteiger partial charge in [-0.3, -0.25) is 9.36 Å². The Balaban J connectivity index is 1.29. The number of fused-ring (bicyclic) bond motifs is 2. The summed E-state index contributed by atoms with van der Waals surface area (Å²) in [7, 11) is 1.60. The predicted molar refractivity (Wildman–Crippen MR) is 117 cm³/mol. The first-order chi connectivity index (χ1) is 14.6. The van der Waals surface area contributed by atoms with Crippen LogP contribution in [-0.2, 0) is 4.79 Å². The van der Waals surface area contributed by atoms with Crippen molar-refractivity contribution in [3.63, 3.8) is 0 Å². The number of amides is 1. The molecule has 0 radical (unpaired) electrons. The number of aromatic nitrogens is 3. The van der Waals surface area contributed by atoms with Gasteiger partial charge in [-0.1, -0.05) is 12.1 Å². The standard InChI is InChI=1S/C23H24N4O3/c1-30-20-4-2-3-19-21(20)26-23(29)27(19)17-9-6-15(7-10-17)22(28)25-16-8-5-14-11-12-24-18(14)13-16/h2-5,8,11-13,15,17,24H,6-7,9-10H2,1H3,(H,25,28)(H,26,29)/t15-,17+. The number of carbonyl (C=O) groups is 1. The summed E-state index contributed by atoms with van der Waals surface area (Å²) in [6.45, 7) is 0. The number of methoxy groups -OCH3 is 1. The number of imidazole rings is 1. The normalized spacial score (nSPS) is 19.2. The van der Waals surface area contributed by atoms with Crippen molar-refractivity contribution >= 4 is 33.5 Å². The lowest BCUT2D eigenvalue weighted by molar-refractivity contribution is -0.121. The number of nitrogens with one attached hydrogen (secondary N) is 3. The molecule has 1 aliphatic rings. The molecule has 154 valence electrons. The number of anilines is 1. The Morgan fingerprint density at radius 2 is 1.97 bits per heavy atom. The van der Waals surface area contributed by atoms with Crippen molar-refractivity contribution in [3.8, 4) is 5.75 Å². The van der Waals surface area contributed by atoms with Crippen LogP contribution in [0.25, 0.3) is 21.9 Å². The SMILES string of the molecule is COc1cccc2c1[nH]c(=O)n2[C@H]1CC[C@@H](C(=O)Nc2ccc3cc[nH]c3c2)CC1. The molecule has 0 saturated heterocycles. The van der Waals surface area contributed by atoms with E-state index in [0.29, 0.717) is 5.75 Å². The molecule has 2 aromatic carbocycles. The highest BCUT2D eigenvalue weighted by molar-refractivity contribution is 5.95. The van der Waals surface area contributed by atoms with Crippen molar-refractivity contribution in [2.45, 2.75) is 31.7 Å². The number of aromatic amines is 2. The summed E-state index contributed by atoms with van der Waals surface area (Å²) < 4.78 is 7.20. The van der Waals surface area contributed by atoms with Crippen LogP contribution in [0.15, 0.2) is 53.5 Å². The molecule has 30 heavy (non-hydrogen) atoms. The van der Waals surface area contributed by atoms with Gasteiger partial charge < -0.3 is 20.0 Å². The first-order valence-corrected chi connectivity index (χ1v) is 10.3. The average molecular weight is 404 g/mol. The first-order valence-electron chi connectivity index (χ1n) is 10.3. The van der Waals surface area contributed by atoms with Crippen LogP contribution in [0, 0.1) is 5.92 Å². The average Bonchev–Trinajstić information content (AvgIpc) is 3.36. The number of hydrogen-bond donors (Lipinski definition) is 3. The Morgan fingerprint density at radius 3 is 2.77 bits per heavy atom. The van der Waals surface area contributed by atoms with Crippen LogP contribution in [0.1, 0.15) is 31.7 Å². The lowest BCUT2D eigenvalue weighted by atomic mass is 9.85. The zero-order chi connectivity index (χ0) is 20.7. The van der Waals surface area contributed by atoms with E-state index in [1.54, 1.807) is 7.11 Å². The second-order valence-corrected chi connectivity index (χ2v) is 7.93. The van der Waals surface area contributed by atoms with Gasteiger partial charge in [-0.2, -0.15) is 0 Å². The third kappa shape index (κ3) is 3.16. The highest BCUT2D eigenvalue weighted by atomic mass is 16.5. The smallest absolute Gasteiger partial charge is 0.326 e. The molecule has 0 aliphatic heterocycles. The maximum absolute atomic E-state index is 12.8. The van der Waals surface area contributed by atoms with E-state index in [1.165, 1.54) is 0 Å². The fourth-order valence-electron chi connectivity index (χ4n) is 4.62. The van der Waals surface area contributed by atoms with E-state index in [2.05, 4.69) is 15.3 Å². The van der Waals surface area contributed by atoms with Crippen molar-refractivity contribution in [1.29, 1.82) is 0 Å². The summed E-state index contributed by atoms with van der Waals surface area (Å²) in [4.78, 5) is 31.5. The number of H-pyrrole nitrogens is 2. The van der Waals surface area contributed by atoms with E-state index < -0.39 is 0 Å². The highest BCUT2D eigenvalue weighted by Gasteiger charge is 2.29. The largest absolute Gasteiger partial charge is 0.494 e. The molecule has 7 nitrogen and oxygen atoms in total. The molecular formula is C23H24N4O3. The predicted octanol–water partition coefficient (Wildman–Crippen LogP) is 4.19. The van der Waals surface area contributed by atoms with Gasteiger partial charge in [0, 0.05) is 29.4 Å². The number of hydrogen-bond acceptors (Lipinski definition) is 3. The lowest BCUT2D eigenvalue weighted by Gasteiger charge is -2.28. The monoisotopic (exact) mass is 404 g/mol. The van der Waals surface area contributed by atoms with E-state index in [-0.39, 0.29) is 23.6 Å². The Kier molecular flexibility index (Phi) is 4.58. The van der Waals surface area contributed by atoms with E-state index in [1.807, 2.05) is 53.2 Å². The van der Waals surface area contributed by atoms with Crippen LogP contribution in [0.4, 0.5) is 5.69 Å². The first kappa shape index (κ1) is 18.5. The number of benzene rings is 2. The minimum absolute atomic E-state index is 0.0453. The molecule has 2 heterocycles. The highest BCUT2D eigenvalue weighted by Crippen LogP contribution is 2.35. The van der Waals surface area contributed by atoms with Crippen LogP contribution >= 0.6 is 0 Å². The number of rotatable bonds is 4. The Morgan fingerprint density at radius 1 is 1.13 bits per heavy atom. The topological polar surface area (TPSA) is 91.9 Å². The van der Waals surface area contributed by atoms with Crippen molar-refractivity contribution in [1.82, 2.24) is 14.5 Å².